The molecule has 10 nitrogen and oxygen atoms in total. The van der Waals surface area contributed by atoms with Crippen LogP contribution in [0.15, 0.2) is 58.7 Å². The minimum atomic E-state index is -0.389. The van der Waals surface area contributed by atoms with Crippen molar-refractivity contribution in [3.63, 3.8) is 0 Å². The van der Waals surface area contributed by atoms with Crippen molar-refractivity contribution >= 4 is 28.8 Å². The molecule has 1 aliphatic rings. The third-order valence-corrected chi connectivity index (χ3v) is 9.10. The van der Waals surface area contributed by atoms with Gasteiger partial charge in [-0.05, 0) is 72.7 Å². The number of aryl methyl sites for hydroxylation is 2. The Kier molecular flexibility index (Phi) is 10.8. The van der Waals surface area contributed by atoms with E-state index in [-0.39, 0.29) is 23.3 Å². The summed E-state index contributed by atoms with van der Waals surface area (Å²) in [7, 11) is 4.69. The molecular formula is C36H40N4O6S. The third-order valence-electron chi connectivity index (χ3n) is 8.09. The molecule has 0 aliphatic heterocycles. The Labute approximate surface area is 278 Å². The maximum absolute atomic E-state index is 13.5. The first-order valence-electron chi connectivity index (χ1n) is 15.5. The minimum absolute atomic E-state index is 0.0683. The number of carbonyl (C=O) groups is 2. The van der Waals surface area contributed by atoms with Gasteiger partial charge in [-0.1, -0.05) is 24.3 Å². The lowest BCUT2D eigenvalue weighted by molar-refractivity contribution is -0.121. The summed E-state index contributed by atoms with van der Waals surface area (Å²) in [6.45, 7) is 4.29. The lowest BCUT2D eigenvalue weighted by Crippen LogP contribution is -2.26. The number of nitrogens with zero attached hydrogens (tertiary/aromatic N) is 1. The molecule has 47 heavy (non-hydrogen) atoms. The van der Waals surface area contributed by atoms with E-state index in [2.05, 4.69) is 20.9 Å². The number of thiazole rings is 1. The molecule has 0 fully saturated rings. The molecule has 1 heterocycles. The Hall–Kier alpha value is -4.90. The molecule has 3 aromatic carbocycles. The van der Waals surface area contributed by atoms with Crippen LogP contribution in [0.4, 0.5) is 5.69 Å². The first-order chi connectivity index (χ1) is 22.7. The predicted molar refractivity (Wildman–Crippen MR) is 185 cm³/mol. The van der Waals surface area contributed by atoms with Crippen LogP contribution >= 0.6 is 11.3 Å². The highest BCUT2D eigenvalue weighted by atomic mass is 32.1. The van der Waals surface area contributed by atoms with Gasteiger partial charge in [0.1, 0.15) is 5.01 Å². The Morgan fingerprint density at radius 2 is 1.83 bits per heavy atom. The van der Waals surface area contributed by atoms with E-state index in [0.717, 1.165) is 38.5 Å². The van der Waals surface area contributed by atoms with Gasteiger partial charge < -0.3 is 30.2 Å². The second kappa shape index (κ2) is 15.1. The van der Waals surface area contributed by atoms with Crippen molar-refractivity contribution in [1.29, 1.82) is 0 Å². The number of anilines is 1. The fraction of sp³-hybridized carbons (Fsp3) is 0.333. The molecule has 0 bridgehead atoms. The zero-order valence-corrected chi connectivity index (χ0v) is 28.1. The standard InChI is InChI=1S/C36H40N4O6S/c1-21-20-47-36(39-21)25-9-6-8-23(16-25)19-38-32(43)10-7-15-37-29-14-12-26-27(18-30(29)42)28(40-22(2)41)13-11-24-17-31(44-3)34(45-4)35(46-5)33(24)26/h6,8-9,12,14,16-18,20,28H,7,10-11,13,15,19H2,1-5H3,(H,37,42)(H,38,43)(H,40,41)/t28-/m0/s1. The zero-order chi connectivity index (χ0) is 33.5. The van der Waals surface area contributed by atoms with Gasteiger partial charge in [0.2, 0.25) is 23.0 Å². The lowest BCUT2D eigenvalue weighted by atomic mass is 9.95. The van der Waals surface area contributed by atoms with Crippen molar-refractivity contribution in [1.82, 2.24) is 15.6 Å². The Morgan fingerprint density at radius 1 is 1.02 bits per heavy atom. The largest absolute Gasteiger partial charge is 0.493 e. The van der Waals surface area contributed by atoms with E-state index >= 15 is 0 Å². The molecule has 1 aromatic heterocycles. The number of rotatable bonds is 12. The Balaban J connectivity index is 1.30. The highest BCUT2D eigenvalue weighted by Gasteiger charge is 2.29. The molecule has 11 heteroatoms. The summed E-state index contributed by atoms with van der Waals surface area (Å²) < 4.78 is 17.1. The number of ether oxygens (including phenoxy) is 3. The smallest absolute Gasteiger partial charge is 0.220 e. The summed E-state index contributed by atoms with van der Waals surface area (Å²) in [6.07, 6.45) is 2.03. The van der Waals surface area contributed by atoms with Crippen LogP contribution in [0, 0.1) is 6.92 Å². The molecular weight excluding hydrogens is 616 g/mol. The molecule has 0 saturated heterocycles. The quantitative estimate of drug-likeness (QED) is 0.163. The number of carbonyl (C=O) groups excluding carboxylic acids is 2. The predicted octanol–water partition coefficient (Wildman–Crippen LogP) is 5.80. The summed E-state index contributed by atoms with van der Waals surface area (Å²) >= 11 is 1.60. The van der Waals surface area contributed by atoms with Gasteiger partial charge in [-0.25, -0.2) is 4.98 Å². The van der Waals surface area contributed by atoms with Crippen LogP contribution in [0.2, 0.25) is 0 Å². The van der Waals surface area contributed by atoms with Crippen LogP contribution in [0.1, 0.15) is 54.6 Å². The monoisotopic (exact) mass is 656 g/mol. The van der Waals surface area contributed by atoms with E-state index < -0.39 is 0 Å². The molecule has 2 amide bonds. The number of hydrogen-bond acceptors (Lipinski definition) is 9. The molecule has 246 valence electrons. The Morgan fingerprint density at radius 3 is 2.53 bits per heavy atom. The van der Waals surface area contributed by atoms with E-state index in [4.69, 9.17) is 14.2 Å². The minimum Gasteiger partial charge on any atom is -0.493 e. The number of fused-ring (bicyclic) bond motifs is 3. The number of benzene rings is 2. The molecule has 0 spiro atoms. The molecule has 0 unspecified atom stereocenters. The summed E-state index contributed by atoms with van der Waals surface area (Å²) in [4.78, 5) is 42.9. The number of methoxy groups -OCH3 is 3. The number of aromatic nitrogens is 1. The SMILES string of the molecule is COc1cc2c(c(OC)c1OC)-c1ccc(NCCCC(=O)NCc3cccc(-c4nc(C)cs4)c3)c(=O)cc1[C@@H](NC(C)=O)CC2. The van der Waals surface area contributed by atoms with Crippen LogP contribution in [0.3, 0.4) is 0 Å². The molecule has 1 atom stereocenters. The van der Waals surface area contributed by atoms with E-state index in [1.54, 1.807) is 44.8 Å². The maximum Gasteiger partial charge on any atom is 0.220 e. The summed E-state index contributed by atoms with van der Waals surface area (Å²) in [5.74, 6) is 1.23. The number of amides is 2. The van der Waals surface area contributed by atoms with E-state index in [9.17, 15) is 14.4 Å². The molecule has 4 aromatic rings. The highest BCUT2D eigenvalue weighted by molar-refractivity contribution is 7.13. The van der Waals surface area contributed by atoms with Crippen molar-refractivity contribution in [3.8, 4) is 38.9 Å². The highest BCUT2D eigenvalue weighted by Crippen LogP contribution is 2.50. The molecule has 5 rings (SSSR count). The summed E-state index contributed by atoms with van der Waals surface area (Å²) in [6, 6.07) is 14.7. The molecule has 3 N–H and O–H groups in total. The van der Waals surface area contributed by atoms with Gasteiger partial charge in [0, 0.05) is 48.6 Å². The van der Waals surface area contributed by atoms with Crippen LogP contribution < -0.4 is 35.6 Å². The molecule has 0 saturated carbocycles. The topological polar surface area (TPSA) is 128 Å². The van der Waals surface area contributed by atoms with Gasteiger partial charge >= 0.3 is 0 Å². The molecule has 1 aliphatic carbocycles. The second-order valence-corrected chi connectivity index (χ2v) is 12.3. The van der Waals surface area contributed by atoms with Crippen LogP contribution in [0.25, 0.3) is 21.7 Å². The third kappa shape index (κ3) is 7.74. The maximum atomic E-state index is 13.5. The van der Waals surface area contributed by atoms with Gasteiger partial charge in [0.25, 0.3) is 0 Å². The second-order valence-electron chi connectivity index (χ2n) is 11.4. The van der Waals surface area contributed by atoms with Crippen molar-refractivity contribution in [2.24, 2.45) is 0 Å². The van der Waals surface area contributed by atoms with Gasteiger partial charge in [0.15, 0.2) is 11.5 Å². The zero-order valence-electron chi connectivity index (χ0n) is 27.3. The van der Waals surface area contributed by atoms with Crippen molar-refractivity contribution in [2.45, 2.75) is 52.1 Å². The lowest BCUT2D eigenvalue weighted by Gasteiger charge is -2.19. The first-order valence-corrected chi connectivity index (χ1v) is 16.4. The van der Waals surface area contributed by atoms with E-state index in [1.165, 1.54) is 6.92 Å². The van der Waals surface area contributed by atoms with E-state index in [1.807, 2.05) is 48.7 Å². The van der Waals surface area contributed by atoms with E-state index in [0.29, 0.717) is 67.3 Å². The summed E-state index contributed by atoms with van der Waals surface area (Å²) in [5.41, 5.74) is 6.40. The average molecular weight is 657 g/mol. The Bertz CT molecular complexity index is 1840. The first kappa shape index (κ1) is 33.5. The van der Waals surface area contributed by atoms with Crippen molar-refractivity contribution in [2.75, 3.05) is 33.2 Å². The molecule has 0 radical (unpaired) electrons. The van der Waals surface area contributed by atoms with Crippen molar-refractivity contribution < 1.29 is 23.8 Å². The van der Waals surface area contributed by atoms with Crippen molar-refractivity contribution in [3.05, 3.63) is 86.5 Å². The number of hydrogen-bond donors (Lipinski definition) is 3. The fourth-order valence-electron chi connectivity index (χ4n) is 5.92. The fourth-order valence-corrected chi connectivity index (χ4v) is 6.71. The average Bonchev–Trinajstić information content (AvgIpc) is 3.37. The van der Waals surface area contributed by atoms with Crippen LogP contribution in [-0.2, 0) is 22.6 Å². The normalized spacial score (nSPS) is 13.4. The summed E-state index contributed by atoms with van der Waals surface area (Å²) in [5, 5.41) is 12.2. The van der Waals surface area contributed by atoms with Gasteiger partial charge in [-0.2, -0.15) is 0 Å². The van der Waals surface area contributed by atoms with Crippen LogP contribution in [0.5, 0.6) is 17.2 Å². The van der Waals surface area contributed by atoms with Gasteiger partial charge in [-0.3, -0.25) is 14.4 Å². The number of nitrogens with one attached hydrogen (secondary N) is 3. The van der Waals surface area contributed by atoms with Gasteiger partial charge in [0.05, 0.1) is 33.1 Å². The van der Waals surface area contributed by atoms with Gasteiger partial charge in [-0.15, -0.1) is 11.3 Å². The van der Waals surface area contributed by atoms with Crippen LogP contribution in [-0.4, -0.2) is 44.7 Å².